The van der Waals surface area contributed by atoms with Gasteiger partial charge in [0.05, 0.1) is 11.3 Å². The Morgan fingerprint density at radius 1 is 1.39 bits per heavy atom. The van der Waals surface area contributed by atoms with Crippen LogP contribution in [0.3, 0.4) is 0 Å². The Labute approximate surface area is 138 Å². The van der Waals surface area contributed by atoms with Crippen molar-refractivity contribution in [2.45, 2.75) is 32.0 Å². The number of aromatic carboxylic acids is 1. The molecule has 1 amide bonds. The summed E-state index contributed by atoms with van der Waals surface area (Å²) in [5, 5.41) is 20.3. The lowest BCUT2D eigenvalue weighted by Crippen LogP contribution is -2.16. The van der Waals surface area contributed by atoms with E-state index in [-0.39, 0.29) is 23.3 Å². The van der Waals surface area contributed by atoms with Gasteiger partial charge in [0, 0.05) is 11.7 Å². The summed E-state index contributed by atoms with van der Waals surface area (Å²) in [5.74, 6) is -1.08. The monoisotopic (exact) mass is 334 g/mol. The van der Waals surface area contributed by atoms with Crippen molar-refractivity contribution >= 4 is 29.3 Å². The van der Waals surface area contributed by atoms with E-state index in [0.717, 1.165) is 5.56 Å². The molecule has 122 valence electrons. The third-order valence-electron chi connectivity index (χ3n) is 3.19. The van der Waals surface area contributed by atoms with Crippen molar-refractivity contribution in [2.24, 2.45) is 0 Å². The van der Waals surface area contributed by atoms with Crippen LogP contribution in [0.4, 0.5) is 5.69 Å². The third kappa shape index (κ3) is 4.32. The number of hydrogen-bond donors (Lipinski definition) is 2. The molecule has 0 bridgehead atoms. The Bertz CT molecular complexity index is 727. The van der Waals surface area contributed by atoms with Crippen molar-refractivity contribution in [1.29, 1.82) is 0 Å². The van der Waals surface area contributed by atoms with Gasteiger partial charge < -0.3 is 15.0 Å². The van der Waals surface area contributed by atoms with Gasteiger partial charge in [-0.1, -0.05) is 17.8 Å². The molecule has 0 atom stereocenters. The zero-order valence-electron chi connectivity index (χ0n) is 13.1. The maximum Gasteiger partial charge on any atom is 0.335 e. The molecular weight excluding hydrogens is 316 g/mol. The van der Waals surface area contributed by atoms with Crippen molar-refractivity contribution < 1.29 is 14.7 Å². The number of aromatic nitrogens is 3. The van der Waals surface area contributed by atoms with Gasteiger partial charge >= 0.3 is 5.97 Å². The normalized spacial score (nSPS) is 10.8. The van der Waals surface area contributed by atoms with E-state index in [1.54, 1.807) is 12.4 Å². The molecule has 0 radical (unpaired) electrons. The minimum atomic E-state index is -1.03. The molecular formula is C15H18N4O3S. The van der Waals surface area contributed by atoms with E-state index in [4.69, 9.17) is 5.11 Å². The fraction of sp³-hybridized carbons (Fsp3) is 0.333. The Kier molecular flexibility index (Phi) is 5.38. The number of carboxylic acids is 1. The first-order chi connectivity index (χ1) is 10.9. The van der Waals surface area contributed by atoms with Crippen LogP contribution < -0.4 is 5.32 Å². The van der Waals surface area contributed by atoms with Gasteiger partial charge in [0.25, 0.3) is 0 Å². The summed E-state index contributed by atoms with van der Waals surface area (Å²) in [6.07, 6.45) is 1.63. The lowest BCUT2D eigenvalue weighted by Gasteiger charge is -2.11. The summed E-state index contributed by atoms with van der Waals surface area (Å²) in [7, 11) is 0. The van der Waals surface area contributed by atoms with Gasteiger partial charge in [-0.05, 0) is 38.5 Å². The van der Waals surface area contributed by atoms with Crippen LogP contribution in [0.15, 0.2) is 29.7 Å². The second-order valence-corrected chi connectivity index (χ2v) is 6.23. The van der Waals surface area contributed by atoms with Gasteiger partial charge in [-0.3, -0.25) is 4.79 Å². The number of hydrogen-bond acceptors (Lipinski definition) is 5. The molecule has 0 saturated carbocycles. The van der Waals surface area contributed by atoms with E-state index in [1.807, 2.05) is 25.3 Å². The molecule has 7 nitrogen and oxygen atoms in total. The molecule has 0 spiro atoms. The first-order valence-corrected chi connectivity index (χ1v) is 8.03. The summed E-state index contributed by atoms with van der Waals surface area (Å²) in [6.45, 7) is 5.83. The van der Waals surface area contributed by atoms with E-state index in [0.29, 0.717) is 10.8 Å². The standard InChI is InChI=1S/C15H18N4O3S/c1-9(2)19-8-16-18-15(19)23-7-13(20)17-12-6-11(14(21)22)5-4-10(12)3/h4-6,8-9H,7H2,1-3H3,(H,17,20)(H,21,22). The molecule has 0 fully saturated rings. The molecule has 0 aliphatic rings. The number of nitrogens with one attached hydrogen (secondary N) is 1. The summed E-state index contributed by atoms with van der Waals surface area (Å²) in [6, 6.07) is 4.84. The second-order valence-electron chi connectivity index (χ2n) is 5.29. The first kappa shape index (κ1) is 17.0. The smallest absolute Gasteiger partial charge is 0.335 e. The van der Waals surface area contributed by atoms with E-state index in [9.17, 15) is 9.59 Å². The number of carbonyl (C=O) groups is 2. The number of aryl methyl sites for hydroxylation is 1. The van der Waals surface area contributed by atoms with Crippen LogP contribution in [-0.2, 0) is 4.79 Å². The van der Waals surface area contributed by atoms with Crippen LogP contribution in [-0.4, -0.2) is 37.5 Å². The van der Waals surface area contributed by atoms with Crippen molar-refractivity contribution in [3.05, 3.63) is 35.7 Å². The summed E-state index contributed by atoms with van der Waals surface area (Å²) < 4.78 is 1.88. The minimum absolute atomic E-state index is 0.137. The van der Waals surface area contributed by atoms with E-state index in [2.05, 4.69) is 15.5 Å². The van der Waals surface area contributed by atoms with Crippen LogP contribution in [0.5, 0.6) is 0 Å². The Morgan fingerprint density at radius 2 is 2.13 bits per heavy atom. The highest BCUT2D eigenvalue weighted by molar-refractivity contribution is 7.99. The lowest BCUT2D eigenvalue weighted by molar-refractivity contribution is -0.113. The van der Waals surface area contributed by atoms with E-state index in [1.165, 1.54) is 23.9 Å². The van der Waals surface area contributed by atoms with Crippen LogP contribution in [0.2, 0.25) is 0 Å². The molecule has 0 aliphatic heterocycles. The molecule has 0 saturated heterocycles. The van der Waals surface area contributed by atoms with Crippen molar-refractivity contribution in [2.75, 3.05) is 11.1 Å². The molecule has 23 heavy (non-hydrogen) atoms. The topological polar surface area (TPSA) is 97.1 Å². The molecule has 8 heteroatoms. The number of carboxylic acid groups (broad SMARTS) is 1. The average Bonchev–Trinajstić information content (AvgIpc) is 2.96. The van der Waals surface area contributed by atoms with E-state index >= 15 is 0 Å². The van der Waals surface area contributed by atoms with Gasteiger partial charge in [-0.2, -0.15) is 0 Å². The Balaban J connectivity index is 2.01. The number of anilines is 1. The van der Waals surface area contributed by atoms with Gasteiger partial charge in [0.15, 0.2) is 5.16 Å². The molecule has 0 unspecified atom stereocenters. The van der Waals surface area contributed by atoms with Crippen LogP contribution >= 0.6 is 11.8 Å². The Hall–Kier alpha value is -2.35. The quantitative estimate of drug-likeness (QED) is 0.788. The second kappa shape index (κ2) is 7.28. The molecule has 0 aliphatic carbocycles. The molecule has 1 heterocycles. The van der Waals surface area contributed by atoms with Crippen molar-refractivity contribution in [3.63, 3.8) is 0 Å². The number of benzene rings is 1. The number of carbonyl (C=O) groups excluding carboxylic acids is 1. The van der Waals surface area contributed by atoms with E-state index < -0.39 is 5.97 Å². The van der Waals surface area contributed by atoms with Gasteiger partial charge in [0.1, 0.15) is 6.33 Å². The van der Waals surface area contributed by atoms with Gasteiger partial charge in [-0.25, -0.2) is 4.79 Å². The molecule has 2 N–H and O–H groups in total. The lowest BCUT2D eigenvalue weighted by atomic mass is 10.1. The molecule has 2 aromatic rings. The molecule has 2 rings (SSSR count). The highest BCUT2D eigenvalue weighted by Gasteiger charge is 2.12. The highest BCUT2D eigenvalue weighted by atomic mass is 32.2. The van der Waals surface area contributed by atoms with Gasteiger partial charge in [0.2, 0.25) is 5.91 Å². The number of rotatable bonds is 6. The van der Waals surface area contributed by atoms with Crippen LogP contribution in [0.1, 0.15) is 35.8 Å². The highest BCUT2D eigenvalue weighted by Crippen LogP contribution is 2.20. The number of nitrogens with zero attached hydrogens (tertiary/aromatic N) is 3. The number of amides is 1. The van der Waals surface area contributed by atoms with Gasteiger partial charge in [-0.15, -0.1) is 10.2 Å². The maximum atomic E-state index is 12.1. The first-order valence-electron chi connectivity index (χ1n) is 7.04. The maximum absolute atomic E-state index is 12.1. The molecule has 1 aromatic heterocycles. The van der Waals surface area contributed by atoms with Crippen molar-refractivity contribution in [1.82, 2.24) is 14.8 Å². The Morgan fingerprint density at radius 3 is 2.78 bits per heavy atom. The largest absolute Gasteiger partial charge is 0.478 e. The predicted octanol–water partition coefficient (Wildman–Crippen LogP) is 2.60. The fourth-order valence-corrected chi connectivity index (χ4v) is 2.74. The van der Waals surface area contributed by atoms with Crippen molar-refractivity contribution in [3.8, 4) is 0 Å². The van der Waals surface area contributed by atoms with Crippen LogP contribution in [0, 0.1) is 6.92 Å². The zero-order chi connectivity index (χ0) is 17.0. The predicted molar refractivity (Wildman–Crippen MR) is 87.9 cm³/mol. The fourth-order valence-electron chi connectivity index (χ4n) is 1.90. The zero-order valence-corrected chi connectivity index (χ0v) is 13.9. The summed E-state index contributed by atoms with van der Waals surface area (Å²) in [4.78, 5) is 23.1. The summed E-state index contributed by atoms with van der Waals surface area (Å²) >= 11 is 1.29. The van der Waals surface area contributed by atoms with Crippen LogP contribution in [0.25, 0.3) is 0 Å². The summed E-state index contributed by atoms with van der Waals surface area (Å²) in [5.41, 5.74) is 1.44. The molecule has 1 aromatic carbocycles. The third-order valence-corrected chi connectivity index (χ3v) is 4.14. The SMILES string of the molecule is Cc1ccc(C(=O)O)cc1NC(=O)CSc1nncn1C(C)C. The minimum Gasteiger partial charge on any atom is -0.478 e. The number of thioether (sulfide) groups is 1. The average molecular weight is 334 g/mol.